The van der Waals surface area contributed by atoms with E-state index in [4.69, 9.17) is 0 Å². The Balaban J connectivity index is 1.47. The highest BCUT2D eigenvalue weighted by molar-refractivity contribution is 7.89. The SMILES string of the molecule is CCn1nnc2cc(C(=O)Nc3ccc(S(=O)(=O)N(C)C4CCCCC4)cc3)ccc21. The standard InChI is InChI=1S/C22H27N5O3S/c1-3-27-21-14-9-16(15-20(21)24-25-27)22(28)23-17-10-12-19(13-11-17)31(29,30)26(2)18-7-5-4-6-8-18/h9-15,18H,3-8H2,1-2H3,(H,23,28). The first-order valence-electron chi connectivity index (χ1n) is 10.6. The summed E-state index contributed by atoms with van der Waals surface area (Å²) >= 11 is 0. The zero-order chi connectivity index (χ0) is 22.0. The van der Waals surface area contributed by atoms with Gasteiger partial charge in [0.15, 0.2) is 0 Å². The summed E-state index contributed by atoms with van der Waals surface area (Å²) in [5, 5.41) is 11.0. The van der Waals surface area contributed by atoms with Gasteiger partial charge in [0.2, 0.25) is 10.0 Å². The van der Waals surface area contributed by atoms with Crippen molar-refractivity contribution in [2.45, 2.75) is 56.5 Å². The maximum absolute atomic E-state index is 13.0. The molecular formula is C22H27N5O3S. The molecule has 1 fully saturated rings. The second kappa shape index (κ2) is 8.76. The average molecular weight is 442 g/mol. The summed E-state index contributed by atoms with van der Waals surface area (Å²) < 4.78 is 29.2. The molecule has 1 heterocycles. The molecule has 0 unspecified atom stereocenters. The van der Waals surface area contributed by atoms with E-state index in [1.54, 1.807) is 48.1 Å². The summed E-state index contributed by atoms with van der Waals surface area (Å²) in [5.74, 6) is -0.289. The predicted molar refractivity (Wildman–Crippen MR) is 119 cm³/mol. The molecular weight excluding hydrogens is 414 g/mol. The van der Waals surface area contributed by atoms with Crippen LogP contribution in [-0.2, 0) is 16.6 Å². The molecule has 1 saturated carbocycles. The molecule has 0 atom stereocenters. The lowest BCUT2D eigenvalue weighted by Crippen LogP contribution is -2.38. The predicted octanol–water partition coefficient (Wildman–Crippen LogP) is 3.66. The molecule has 8 nitrogen and oxygen atoms in total. The molecule has 1 aliphatic rings. The quantitative estimate of drug-likeness (QED) is 0.630. The van der Waals surface area contributed by atoms with Crippen molar-refractivity contribution < 1.29 is 13.2 Å². The summed E-state index contributed by atoms with van der Waals surface area (Å²) in [4.78, 5) is 12.9. The van der Waals surface area contributed by atoms with Gasteiger partial charge in [-0.05, 0) is 62.2 Å². The number of benzene rings is 2. The molecule has 9 heteroatoms. The van der Waals surface area contributed by atoms with E-state index in [0.29, 0.717) is 23.3 Å². The van der Waals surface area contributed by atoms with Gasteiger partial charge in [-0.15, -0.1) is 5.10 Å². The largest absolute Gasteiger partial charge is 0.322 e. The first-order valence-corrected chi connectivity index (χ1v) is 12.1. The number of rotatable bonds is 6. The van der Waals surface area contributed by atoms with Crippen molar-refractivity contribution in [2.24, 2.45) is 0 Å². The Hall–Kier alpha value is -2.78. The van der Waals surface area contributed by atoms with Crippen LogP contribution in [0.5, 0.6) is 0 Å². The van der Waals surface area contributed by atoms with Gasteiger partial charge < -0.3 is 5.32 Å². The molecule has 2 aromatic carbocycles. The number of hydrogen-bond acceptors (Lipinski definition) is 5. The number of sulfonamides is 1. The van der Waals surface area contributed by atoms with E-state index < -0.39 is 10.0 Å². The van der Waals surface area contributed by atoms with Gasteiger partial charge in [0.05, 0.1) is 10.4 Å². The van der Waals surface area contributed by atoms with Crippen LogP contribution in [0.1, 0.15) is 49.4 Å². The summed E-state index contributed by atoms with van der Waals surface area (Å²) in [6.07, 6.45) is 5.11. The molecule has 0 saturated heterocycles. The van der Waals surface area contributed by atoms with Gasteiger partial charge in [-0.2, -0.15) is 4.31 Å². The van der Waals surface area contributed by atoms with E-state index in [2.05, 4.69) is 15.6 Å². The first-order chi connectivity index (χ1) is 14.9. The van der Waals surface area contributed by atoms with Crippen LogP contribution in [0.25, 0.3) is 11.0 Å². The summed E-state index contributed by atoms with van der Waals surface area (Å²) in [6, 6.07) is 11.6. The maximum atomic E-state index is 13.0. The molecule has 4 rings (SSSR count). The third-order valence-corrected chi connectivity index (χ3v) is 7.88. The van der Waals surface area contributed by atoms with Crippen LogP contribution in [0.15, 0.2) is 47.4 Å². The Bertz CT molecular complexity index is 1180. The van der Waals surface area contributed by atoms with Crippen molar-refractivity contribution >= 4 is 32.7 Å². The van der Waals surface area contributed by atoms with Crippen molar-refractivity contribution in [2.75, 3.05) is 12.4 Å². The lowest BCUT2D eigenvalue weighted by Gasteiger charge is -2.30. The Morgan fingerprint density at radius 1 is 1.13 bits per heavy atom. The third kappa shape index (κ3) is 4.33. The van der Waals surface area contributed by atoms with E-state index in [0.717, 1.165) is 31.2 Å². The van der Waals surface area contributed by atoms with E-state index in [9.17, 15) is 13.2 Å². The Morgan fingerprint density at radius 3 is 2.52 bits per heavy atom. The monoisotopic (exact) mass is 441 g/mol. The van der Waals surface area contributed by atoms with Gasteiger partial charge in [0.25, 0.3) is 5.91 Å². The fourth-order valence-corrected chi connectivity index (χ4v) is 5.48. The zero-order valence-corrected chi connectivity index (χ0v) is 18.6. The van der Waals surface area contributed by atoms with Crippen molar-refractivity contribution in [3.05, 3.63) is 48.0 Å². The van der Waals surface area contributed by atoms with Gasteiger partial charge in [-0.3, -0.25) is 4.79 Å². The summed E-state index contributed by atoms with van der Waals surface area (Å²) in [6.45, 7) is 2.68. The second-order valence-electron chi connectivity index (χ2n) is 7.90. The average Bonchev–Trinajstić information content (AvgIpc) is 3.22. The molecule has 0 aliphatic heterocycles. The maximum Gasteiger partial charge on any atom is 0.255 e. The number of fused-ring (bicyclic) bond motifs is 1. The minimum absolute atomic E-state index is 0.0544. The van der Waals surface area contributed by atoms with E-state index >= 15 is 0 Å². The molecule has 0 spiro atoms. The number of aryl methyl sites for hydroxylation is 1. The fourth-order valence-electron chi connectivity index (χ4n) is 4.07. The van der Waals surface area contributed by atoms with Crippen molar-refractivity contribution in [1.82, 2.24) is 19.3 Å². The summed E-state index contributed by atoms with van der Waals surface area (Å²) in [5.41, 5.74) is 2.52. The van der Waals surface area contributed by atoms with E-state index in [1.165, 1.54) is 10.7 Å². The normalized spacial score (nSPS) is 15.5. The number of carbonyl (C=O) groups is 1. The molecule has 0 bridgehead atoms. The zero-order valence-electron chi connectivity index (χ0n) is 17.8. The Labute approximate surface area is 182 Å². The van der Waals surface area contributed by atoms with Crippen LogP contribution in [0, 0.1) is 0 Å². The molecule has 3 aromatic rings. The molecule has 31 heavy (non-hydrogen) atoms. The number of nitrogens with zero attached hydrogens (tertiary/aromatic N) is 4. The number of anilines is 1. The molecule has 1 amide bonds. The number of amides is 1. The lowest BCUT2D eigenvalue weighted by molar-refractivity contribution is 0.102. The fraction of sp³-hybridized carbons (Fsp3) is 0.409. The van der Waals surface area contributed by atoms with Crippen LogP contribution in [0.3, 0.4) is 0 Å². The van der Waals surface area contributed by atoms with Gasteiger partial charge >= 0.3 is 0 Å². The van der Waals surface area contributed by atoms with Crippen LogP contribution in [-0.4, -0.2) is 46.7 Å². The lowest BCUT2D eigenvalue weighted by atomic mass is 9.96. The topological polar surface area (TPSA) is 97.2 Å². The molecule has 1 aromatic heterocycles. The molecule has 1 aliphatic carbocycles. The van der Waals surface area contributed by atoms with Crippen molar-refractivity contribution in [1.29, 1.82) is 0 Å². The van der Waals surface area contributed by atoms with Crippen LogP contribution < -0.4 is 5.32 Å². The second-order valence-corrected chi connectivity index (χ2v) is 9.90. The van der Waals surface area contributed by atoms with Crippen LogP contribution in [0.2, 0.25) is 0 Å². The molecule has 1 N–H and O–H groups in total. The highest BCUT2D eigenvalue weighted by Crippen LogP contribution is 2.27. The van der Waals surface area contributed by atoms with Gasteiger partial charge in [-0.25, -0.2) is 13.1 Å². The Kier molecular flexibility index (Phi) is 6.06. The minimum Gasteiger partial charge on any atom is -0.322 e. The highest BCUT2D eigenvalue weighted by atomic mass is 32.2. The molecule has 0 radical (unpaired) electrons. The third-order valence-electron chi connectivity index (χ3n) is 5.95. The molecule has 164 valence electrons. The van der Waals surface area contributed by atoms with Crippen LogP contribution >= 0.6 is 0 Å². The van der Waals surface area contributed by atoms with Gasteiger partial charge in [-0.1, -0.05) is 24.5 Å². The number of aromatic nitrogens is 3. The van der Waals surface area contributed by atoms with E-state index in [-0.39, 0.29) is 16.8 Å². The highest BCUT2D eigenvalue weighted by Gasteiger charge is 2.29. The van der Waals surface area contributed by atoms with Gasteiger partial charge in [0, 0.05) is 30.9 Å². The number of hydrogen-bond donors (Lipinski definition) is 1. The first kappa shape index (κ1) is 21.5. The summed E-state index contributed by atoms with van der Waals surface area (Å²) in [7, 11) is -1.90. The number of nitrogens with one attached hydrogen (secondary N) is 1. The number of carbonyl (C=O) groups excluding carboxylic acids is 1. The van der Waals surface area contributed by atoms with Crippen molar-refractivity contribution in [3.8, 4) is 0 Å². The smallest absolute Gasteiger partial charge is 0.255 e. The van der Waals surface area contributed by atoms with Crippen LogP contribution in [0.4, 0.5) is 5.69 Å². The van der Waals surface area contributed by atoms with Crippen molar-refractivity contribution in [3.63, 3.8) is 0 Å². The Morgan fingerprint density at radius 2 is 1.84 bits per heavy atom. The van der Waals surface area contributed by atoms with Gasteiger partial charge in [0.1, 0.15) is 5.52 Å². The van der Waals surface area contributed by atoms with E-state index in [1.807, 2.05) is 13.0 Å². The minimum atomic E-state index is -3.56.